The first-order valence-corrected chi connectivity index (χ1v) is 6.33. The molecule has 2 atom stereocenters. The molecule has 1 aliphatic rings. The number of nitrogens with zero attached hydrogens (tertiary/aromatic N) is 1. The lowest BCUT2D eigenvalue weighted by molar-refractivity contribution is -0.128. The van der Waals surface area contributed by atoms with E-state index in [1.807, 2.05) is 27.7 Å². The largest absolute Gasteiger partial charge is 0.350 e. The third-order valence-corrected chi connectivity index (χ3v) is 3.04. The summed E-state index contributed by atoms with van der Waals surface area (Å²) in [6, 6.07) is 0.134. The fourth-order valence-corrected chi connectivity index (χ4v) is 2.13. The van der Waals surface area contributed by atoms with Crippen LogP contribution >= 0.6 is 0 Å². The zero-order valence-electron chi connectivity index (χ0n) is 11.4. The Morgan fingerprint density at radius 1 is 1.59 bits per heavy atom. The summed E-state index contributed by atoms with van der Waals surface area (Å²) in [5.41, 5.74) is 5.56. The molecule has 4 N–H and O–H groups in total. The summed E-state index contributed by atoms with van der Waals surface area (Å²) in [5.74, 6) is 0.0813. The van der Waals surface area contributed by atoms with Crippen LogP contribution in [0.5, 0.6) is 0 Å². The average Bonchev–Trinajstić information content (AvgIpc) is 2.25. The predicted molar refractivity (Wildman–Crippen MR) is 69.8 cm³/mol. The topological polar surface area (TPSA) is 70.4 Å². The summed E-state index contributed by atoms with van der Waals surface area (Å²) in [6.45, 7) is 11.2. The quantitative estimate of drug-likeness (QED) is 0.625. The van der Waals surface area contributed by atoms with Crippen LogP contribution in [0.3, 0.4) is 0 Å². The number of nitrogens with two attached hydrogens (primary N) is 1. The number of nitrogens with one attached hydrogen (secondary N) is 2. The van der Waals surface area contributed by atoms with Gasteiger partial charge in [-0.2, -0.15) is 0 Å². The van der Waals surface area contributed by atoms with Crippen LogP contribution in [0.4, 0.5) is 0 Å². The highest BCUT2D eigenvalue weighted by Crippen LogP contribution is 2.09. The SMILES string of the molecule is CC(C(=O)NC(C)(C)C)N1CCNCC1CN. The van der Waals surface area contributed by atoms with E-state index in [1.165, 1.54) is 0 Å². The van der Waals surface area contributed by atoms with Gasteiger partial charge >= 0.3 is 0 Å². The van der Waals surface area contributed by atoms with Crippen molar-refractivity contribution >= 4 is 5.91 Å². The highest BCUT2D eigenvalue weighted by atomic mass is 16.2. The fourth-order valence-electron chi connectivity index (χ4n) is 2.13. The van der Waals surface area contributed by atoms with E-state index in [1.54, 1.807) is 0 Å². The second kappa shape index (κ2) is 5.80. The standard InChI is InChI=1S/C12H26N4O/c1-9(11(17)15-12(2,3)4)16-6-5-14-8-10(16)7-13/h9-10,14H,5-8,13H2,1-4H3,(H,15,17). The summed E-state index contributed by atoms with van der Waals surface area (Å²) in [4.78, 5) is 14.3. The van der Waals surface area contributed by atoms with Gasteiger partial charge in [0.15, 0.2) is 0 Å². The van der Waals surface area contributed by atoms with Gasteiger partial charge in [0.25, 0.3) is 0 Å². The zero-order valence-corrected chi connectivity index (χ0v) is 11.4. The van der Waals surface area contributed by atoms with E-state index >= 15 is 0 Å². The summed E-state index contributed by atoms with van der Waals surface area (Å²) >= 11 is 0. The lowest BCUT2D eigenvalue weighted by Gasteiger charge is -2.39. The molecule has 0 aromatic rings. The Morgan fingerprint density at radius 3 is 2.76 bits per heavy atom. The summed E-state index contributed by atoms with van der Waals surface area (Å²) < 4.78 is 0. The van der Waals surface area contributed by atoms with Crippen LogP contribution in [0.2, 0.25) is 0 Å². The number of carbonyl (C=O) groups excluding carboxylic acids is 1. The molecule has 1 aliphatic heterocycles. The third-order valence-electron chi connectivity index (χ3n) is 3.04. The van der Waals surface area contributed by atoms with Crippen LogP contribution in [-0.4, -0.2) is 54.6 Å². The number of piperazine rings is 1. The minimum Gasteiger partial charge on any atom is -0.350 e. The molecule has 0 aromatic carbocycles. The molecule has 0 saturated carbocycles. The van der Waals surface area contributed by atoms with E-state index in [2.05, 4.69) is 15.5 Å². The Hall–Kier alpha value is -0.650. The first kappa shape index (κ1) is 14.4. The molecule has 5 heteroatoms. The van der Waals surface area contributed by atoms with Crippen molar-refractivity contribution in [2.24, 2.45) is 5.73 Å². The number of rotatable bonds is 3. The first-order chi connectivity index (χ1) is 7.85. The molecule has 1 saturated heterocycles. The molecule has 0 radical (unpaired) electrons. The van der Waals surface area contributed by atoms with Gasteiger partial charge in [0.1, 0.15) is 0 Å². The number of hydrogen-bond donors (Lipinski definition) is 3. The second-order valence-corrected chi connectivity index (χ2v) is 5.75. The van der Waals surface area contributed by atoms with Gasteiger partial charge in [0.05, 0.1) is 6.04 Å². The Balaban J connectivity index is 2.60. The van der Waals surface area contributed by atoms with E-state index in [0.717, 1.165) is 19.6 Å². The second-order valence-electron chi connectivity index (χ2n) is 5.75. The molecule has 1 fully saturated rings. The van der Waals surface area contributed by atoms with Crippen LogP contribution < -0.4 is 16.4 Å². The molecule has 0 aromatic heterocycles. The highest BCUT2D eigenvalue weighted by molar-refractivity contribution is 5.82. The van der Waals surface area contributed by atoms with E-state index in [4.69, 9.17) is 5.73 Å². The molecule has 1 rings (SSSR count). The number of hydrogen-bond acceptors (Lipinski definition) is 4. The molecule has 0 spiro atoms. The van der Waals surface area contributed by atoms with Gasteiger partial charge in [-0.15, -0.1) is 0 Å². The normalized spacial score (nSPS) is 24.4. The Kier molecular flexibility index (Phi) is 4.91. The molecule has 5 nitrogen and oxygen atoms in total. The maximum absolute atomic E-state index is 12.1. The maximum Gasteiger partial charge on any atom is 0.237 e. The number of amides is 1. The number of carbonyl (C=O) groups is 1. The van der Waals surface area contributed by atoms with Crippen molar-refractivity contribution in [1.29, 1.82) is 0 Å². The van der Waals surface area contributed by atoms with Crippen LogP contribution in [0, 0.1) is 0 Å². The van der Waals surface area contributed by atoms with Crippen molar-refractivity contribution in [3.8, 4) is 0 Å². The van der Waals surface area contributed by atoms with E-state index in [-0.39, 0.29) is 23.5 Å². The summed E-state index contributed by atoms with van der Waals surface area (Å²) in [7, 11) is 0. The van der Waals surface area contributed by atoms with Gasteiger partial charge in [-0.3, -0.25) is 9.69 Å². The lowest BCUT2D eigenvalue weighted by Crippen LogP contribution is -2.61. The van der Waals surface area contributed by atoms with Crippen LogP contribution in [0.15, 0.2) is 0 Å². The van der Waals surface area contributed by atoms with Gasteiger partial charge in [0, 0.05) is 37.8 Å². The summed E-state index contributed by atoms with van der Waals surface area (Å²) in [6.07, 6.45) is 0. The van der Waals surface area contributed by atoms with Crippen molar-refractivity contribution in [3.63, 3.8) is 0 Å². The van der Waals surface area contributed by atoms with Gasteiger partial charge < -0.3 is 16.4 Å². The minimum atomic E-state index is -0.183. The monoisotopic (exact) mass is 242 g/mol. The van der Waals surface area contributed by atoms with Crippen molar-refractivity contribution in [2.75, 3.05) is 26.2 Å². The molecule has 2 unspecified atom stereocenters. The van der Waals surface area contributed by atoms with Gasteiger partial charge in [-0.25, -0.2) is 0 Å². The minimum absolute atomic E-state index is 0.0813. The molecule has 100 valence electrons. The van der Waals surface area contributed by atoms with Crippen LogP contribution in [-0.2, 0) is 4.79 Å². The van der Waals surface area contributed by atoms with Crippen molar-refractivity contribution < 1.29 is 4.79 Å². The summed E-state index contributed by atoms with van der Waals surface area (Å²) in [5, 5.41) is 6.32. The third kappa shape index (κ3) is 4.26. The van der Waals surface area contributed by atoms with Gasteiger partial charge in [-0.1, -0.05) is 0 Å². The van der Waals surface area contributed by atoms with E-state index in [9.17, 15) is 4.79 Å². The van der Waals surface area contributed by atoms with Crippen molar-refractivity contribution in [2.45, 2.75) is 45.3 Å². The molecular formula is C12H26N4O. The van der Waals surface area contributed by atoms with Gasteiger partial charge in [-0.05, 0) is 27.7 Å². The Morgan fingerprint density at radius 2 is 2.24 bits per heavy atom. The smallest absolute Gasteiger partial charge is 0.237 e. The Bertz CT molecular complexity index is 262. The molecule has 1 heterocycles. The first-order valence-electron chi connectivity index (χ1n) is 6.33. The van der Waals surface area contributed by atoms with Crippen LogP contribution in [0.1, 0.15) is 27.7 Å². The molecule has 17 heavy (non-hydrogen) atoms. The lowest BCUT2D eigenvalue weighted by atomic mass is 10.1. The Labute approximate surface area is 104 Å². The van der Waals surface area contributed by atoms with Crippen LogP contribution in [0.25, 0.3) is 0 Å². The molecule has 0 bridgehead atoms. The molecule has 0 aliphatic carbocycles. The van der Waals surface area contributed by atoms with Gasteiger partial charge in [0.2, 0.25) is 5.91 Å². The van der Waals surface area contributed by atoms with Crippen molar-refractivity contribution in [1.82, 2.24) is 15.5 Å². The maximum atomic E-state index is 12.1. The molecule has 1 amide bonds. The zero-order chi connectivity index (χ0) is 13.1. The predicted octanol–water partition coefficient (Wildman–Crippen LogP) is -0.478. The van der Waals surface area contributed by atoms with E-state index < -0.39 is 0 Å². The van der Waals surface area contributed by atoms with Crippen molar-refractivity contribution in [3.05, 3.63) is 0 Å². The molecular weight excluding hydrogens is 216 g/mol. The van der Waals surface area contributed by atoms with E-state index in [0.29, 0.717) is 6.54 Å². The fraction of sp³-hybridized carbons (Fsp3) is 0.917. The average molecular weight is 242 g/mol. The highest BCUT2D eigenvalue weighted by Gasteiger charge is 2.30.